The molecule has 11 heteroatoms. The number of methoxy groups -OCH3 is 1. The molecule has 0 bridgehead atoms. The number of anilines is 1. The summed E-state index contributed by atoms with van der Waals surface area (Å²) in [7, 11) is 1.49. The van der Waals surface area contributed by atoms with E-state index >= 15 is 0 Å². The van der Waals surface area contributed by atoms with Crippen LogP contribution in [0.4, 0.5) is 5.69 Å². The SMILES string of the molecule is C=CCOc1ccc(C(=O)N/N=C/c2cc(Br)c(OCC(=O)Nc3ccc(C)c(Cl)c3)c(OCC)c2)cc1OC. The van der Waals surface area contributed by atoms with Crippen molar-refractivity contribution in [1.29, 1.82) is 0 Å². The maximum absolute atomic E-state index is 12.6. The summed E-state index contributed by atoms with van der Waals surface area (Å²) in [5, 5.41) is 7.35. The van der Waals surface area contributed by atoms with Gasteiger partial charge in [0.25, 0.3) is 11.8 Å². The molecule has 0 saturated carbocycles. The van der Waals surface area contributed by atoms with E-state index < -0.39 is 5.91 Å². The molecule has 3 aromatic rings. The van der Waals surface area contributed by atoms with Gasteiger partial charge in [0.15, 0.2) is 29.6 Å². The Morgan fingerprint density at radius 3 is 2.55 bits per heavy atom. The smallest absolute Gasteiger partial charge is 0.271 e. The van der Waals surface area contributed by atoms with Crippen LogP contribution in [0.5, 0.6) is 23.0 Å². The summed E-state index contributed by atoms with van der Waals surface area (Å²) in [4.78, 5) is 25.0. The monoisotopic (exact) mass is 629 g/mol. The standard InChI is InChI=1S/C29H29BrClN3O6/c1-5-11-39-24-10-8-20(14-25(24)37-4)29(36)34-32-16-19-12-22(30)28(26(13-19)38-6-2)40-17-27(35)33-21-9-7-18(3)23(31)15-21/h5,7-10,12-16H,1,6,11,17H2,2-4H3,(H,33,35)(H,34,36)/b32-16+. The Hall–Kier alpha value is -4.02. The minimum atomic E-state index is -0.435. The van der Waals surface area contributed by atoms with Crippen LogP contribution in [0.25, 0.3) is 0 Å². The molecule has 0 aliphatic heterocycles. The summed E-state index contributed by atoms with van der Waals surface area (Å²) >= 11 is 9.59. The highest BCUT2D eigenvalue weighted by Gasteiger charge is 2.15. The molecule has 2 amide bonds. The Kier molecular flexibility index (Phi) is 11.4. The second-order valence-electron chi connectivity index (χ2n) is 8.23. The van der Waals surface area contributed by atoms with Gasteiger partial charge in [-0.15, -0.1) is 0 Å². The molecular formula is C29H29BrClN3O6. The fraction of sp³-hybridized carbons (Fsp3) is 0.207. The number of hydrazone groups is 1. The Bertz CT molecular complexity index is 1410. The van der Waals surface area contributed by atoms with Crippen molar-refractivity contribution in [3.63, 3.8) is 0 Å². The Balaban J connectivity index is 1.66. The molecule has 0 unspecified atom stereocenters. The molecule has 0 aliphatic rings. The van der Waals surface area contributed by atoms with Crippen LogP contribution in [0.3, 0.4) is 0 Å². The molecule has 0 aliphatic carbocycles. The Morgan fingerprint density at radius 1 is 1.05 bits per heavy atom. The predicted octanol–water partition coefficient (Wildman–Crippen LogP) is 6.16. The highest BCUT2D eigenvalue weighted by atomic mass is 79.9. The van der Waals surface area contributed by atoms with Gasteiger partial charge in [-0.2, -0.15) is 5.10 Å². The number of nitrogens with zero attached hydrogens (tertiary/aromatic N) is 1. The van der Waals surface area contributed by atoms with Gasteiger partial charge in [0.1, 0.15) is 6.61 Å². The molecule has 0 heterocycles. The second-order valence-corrected chi connectivity index (χ2v) is 9.49. The minimum Gasteiger partial charge on any atom is -0.493 e. The third-order valence-corrected chi connectivity index (χ3v) is 6.29. The summed E-state index contributed by atoms with van der Waals surface area (Å²) in [6.45, 7) is 7.74. The molecule has 0 fully saturated rings. The van der Waals surface area contributed by atoms with E-state index in [0.717, 1.165) is 5.56 Å². The van der Waals surface area contributed by atoms with Gasteiger partial charge < -0.3 is 24.3 Å². The lowest BCUT2D eigenvalue weighted by atomic mass is 10.2. The average molecular weight is 631 g/mol. The number of nitrogens with one attached hydrogen (secondary N) is 2. The number of rotatable bonds is 13. The van der Waals surface area contributed by atoms with E-state index in [1.165, 1.54) is 13.3 Å². The lowest BCUT2D eigenvalue weighted by Gasteiger charge is -2.15. The van der Waals surface area contributed by atoms with Crippen LogP contribution in [0.2, 0.25) is 5.02 Å². The molecule has 40 heavy (non-hydrogen) atoms. The summed E-state index contributed by atoms with van der Waals surface area (Å²) in [5.41, 5.74) is 4.92. The first-order chi connectivity index (χ1) is 19.2. The summed E-state index contributed by atoms with van der Waals surface area (Å²) in [5.74, 6) is 0.863. The number of amides is 2. The van der Waals surface area contributed by atoms with Crippen LogP contribution in [-0.4, -0.2) is 45.0 Å². The first-order valence-electron chi connectivity index (χ1n) is 12.2. The van der Waals surface area contributed by atoms with Crippen LogP contribution in [0, 0.1) is 6.92 Å². The van der Waals surface area contributed by atoms with Crippen LogP contribution in [-0.2, 0) is 4.79 Å². The van der Waals surface area contributed by atoms with Gasteiger partial charge in [0.2, 0.25) is 0 Å². The third kappa shape index (κ3) is 8.49. The molecule has 0 atom stereocenters. The van der Waals surface area contributed by atoms with Gasteiger partial charge in [-0.25, -0.2) is 5.43 Å². The number of carbonyl (C=O) groups excluding carboxylic acids is 2. The van der Waals surface area contributed by atoms with Crippen molar-refractivity contribution < 1.29 is 28.5 Å². The van der Waals surface area contributed by atoms with E-state index in [4.69, 9.17) is 30.5 Å². The van der Waals surface area contributed by atoms with E-state index in [1.54, 1.807) is 48.5 Å². The van der Waals surface area contributed by atoms with Gasteiger partial charge in [-0.05, 0) is 83.4 Å². The fourth-order valence-corrected chi connectivity index (χ4v) is 4.13. The largest absolute Gasteiger partial charge is 0.493 e. The summed E-state index contributed by atoms with van der Waals surface area (Å²) in [6, 6.07) is 13.5. The number of aryl methyl sites for hydroxylation is 1. The highest BCUT2D eigenvalue weighted by Crippen LogP contribution is 2.36. The summed E-state index contributed by atoms with van der Waals surface area (Å²) < 4.78 is 22.8. The zero-order valence-corrected chi connectivity index (χ0v) is 24.6. The maximum Gasteiger partial charge on any atom is 0.271 e. The van der Waals surface area contributed by atoms with Gasteiger partial charge in [0, 0.05) is 16.3 Å². The number of benzene rings is 3. The van der Waals surface area contributed by atoms with Crippen LogP contribution in [0.15, 0.2) is 70.8 Å². The topological polar surface area (TPSA) is 107 Å². The van der Waals surface area contributed by atoms with Crippen molar-refractivity contribution in [2.45, 2.75) is 13.8 Å². The summed E-state index contributed by atoms with van der Waals surface area (Å²) in [6.07, 6.45) is 3.07. The van der Waals surface area contributed by atoms with E-state index in [9.17, 15) is 9.59 Å². The van der Waals surface area contributed by atoms with Crippen molar-refractivity contribution >= 4 is 51.2 Å². The number of halogens is 2. The van der Waals surface area contributed by atoms with Gasteiger partial charge in [-0.1, -0.05) is 30.3 Å². The van der Waals surface area contributed by atoms with E-state index in [1.807, 2.05) is 19.9 Å². The van der Waals surface area contributed by atoms with Crippen molar-refractivity contribution in [3.05, 3.63) is 87.4 Å². The molecule has 3 aromatic carbocycles. The second kappa shape index (κ2) is 14.9. The molecule has 2 N–H and O–H groups in total. The van der Waals surface area contributed by atoms with Crippen molar-refractivity contribution in [2.75, 3.05) is 32.2 Å². The van der Waals surface area contributed by atoms with E-state index in [-0.39, 0.29) is 12.5 Å². The molecule has 0 spiro atoms. The van der Waals surface area contributed by atoms with Gasteiger partial charge in [0.05, 0.1) is 24.4 Å². The molecule has 0 saturated heterocycles. The third-order valence-electron chi connectivity index (χ3n) is 5.30. The number of hydrogen-bond acceptors (Lipinski definition) is 7. The van der Waals surface area contributed by atoms with Crippen LogP contribution < -0.4 is 29.7 Å². The van der Waals surface area contributed by atoms with E-state index in [2.05, 4.69) is 38.4 Å². The zero-order chi connectivity index (χ0) is 29.1. The quantitative estimate of drug-likeness (QED) is 0.133. The fourth-order valence-electron chi connectivity index (χ4n) is 3.38. The lowest BCUT2D eigenvalue weighted by molar-refractivity contribution is -0.118. The predicted molar refractivity (Wildman–Crippen MR) is 159 cm³/mol. The first kappa shape index (κ1) is 30.5. The van der Waals surface area contributed by atoms with Gasteiger partial charge in [-0.3, -0.25) is 9.59 Å². The van der Waals surface area contributed by atoms with E-state index in [0.29, 0.717) is 62.5 Å². The molecule has 0 aromatic heterocycles. The Labute approximate surface area is 246 Å². The zero-order valence-electron chi connectivity index (χ0n) is 22.3. The van der Waals surface area contributed by atoms with Crippen LogP contribution in [0.1, 0.15) is 28.4 Å². The highest BCUT2D eigenvalue weighted by molar-refractivity contribution is 9.10. The number of ether oxygens (including phenoxy) is 4. The lowest BCUT2D eigenvalue weighted by Crippen LogP contribution is -2.20. The average Bonchev–Trinajstić information content (AvgIpc) is 2.93. The first-order valence-corrected chi connectivity index (χ1v) is 13.3. The maximum atomic E-state index is 12.6. The van der Waals surface area contributed by atoms with Crippen molar-refractivity contribution in [1.82, 2.24) is 5.43 Å². The molecular weight excluding hydrogens is 602 g/mol. The number of carbonyl (C=O) groups is 2. The number of hydrogen-bond donors (Lipinski definition) is 2. The van der Waals surface area contributed by atoms with Crippen molar-refractivity contribution in [3.8, 4) is 23.0 Å². The van der Waals surface area contributed by atoms with Crippen LogP contribution >= 0.6 is 27.5 Å². The van der Waals surface area contributed by atoms with Crippen molar-refractivity contribution in [2.24, 2.45) is 5.10 Å². The molecule has 210 valence electrons. The minimum absolute atomic E-state index is 0.255. The normalized spacial score (nSPS) is 10.6. The molecule has 3 rings (SSSR count). The Morgan fingerprint density at radius 2 is 1.85 bits per heavy atom. The molecule has 0 radical (unpaired) electrons. The molecule has 9 nitrogen and oxygen atoms in total. The van der Waals surface area contributed by atoms with Gasteiger partial charge >= 0.3 is 0 Å².